The fourth-order valence-electron chi connectivity index (χ4n) is 2.31. The average molecular weight is 399 g/mol. The summed E-state index contributed by atoms with van der Waals surface area (Å²) in [7, 11) is 2.29. The SMILES string of the molecule is COC(=O)c1ccc(C(=O)OC)c(NC(=O)Cn2nc(C(F)(F)F)cc2C)c1. The molecule has 1 N–H and O–H groups in total. The number of aromatic nitrogens is 2. The van der Waals surface area contributed by atoms with Gasteiger partial charge >= 0.3 is 18.1 Å². The molecule has 11 heteroatoms. The Morgan fingerprint density at radius 3 is 2.29 bits per heavy atom. The molecule has 1 amide bonds. The van der Waals surface area contributed by atoms with E-state index in [1.54, 1.807) is 0 Å². The van der Waals surface area contributed by atoms with Gasteiger partial charge in [0.15, 0.2) is 5.69 Å². The van der Waals surface area contributed by atoms with Gasteiger partial charge in [0.2, 0.25) is 5.91 Å². The minimum atomic E-state index is -4.64. The largest absolute Gasteiger partial charge is 0.465 e. The van der Waals surface area contributed by atoms with E-state index in [1.165, 1.54) is 25.1 Å². The third-order valence-corrected chi connectivity index (χ3v) is 3.69. The maximum absolute atomic E-state index is 12.7. The average Bonchev–Trinajstić information content (AvgIpc) is 3.01. The molecule has 0 fully saturated rings. The van der Waals surface area contributed by atoms with Crippen molar-refractivity contribution in [3.8, 4) is 0 Å². The maximum atomic E-state index is 12.7. The van der Waals surface area contributed by atoms with E-state index in [0.29, 0.717) is 0 Å². The zero-order valence-electron chi connectivity index (χ0n) is 15.1. The Hall–Kier alpha value is -3.37. The first-order valence-corrected chi connectivity index (χ1v) is 7.79. The molecule has 0 spiro atoms. The topological polar surface area (TPSA) is 99.5 Å². The Balaban J connectivity index is 2.28. The molecule has 0 saturated carbocycles. The van der Waals surface area contributed by atoms with Gasteiger partial charge in [-0.25, -0.2) is 9.59 Å². The molecule has 0 aliphatic rings. The number of hydrogen-bond donors (Lipinski definition) is 1. The first kappa shape index (κ1) is 20.9. The third kappa shape index (κ3) is 4.67. The highest BCUT2D eigenvalue weighted by atomic mass is 19.4. The van der Waals surface area contributed by atoms with E-state index in [0.717, 1.165) is 25.0 Å². The van der Waals surface area contributed by atoms with Crippen LogP contribution in [0.1, 0.15) is 32.1 Å². The number of methoxy groups -OCH3 is 2. The van der Waals surface area contributed by atoms with Crippen LogP contribution >= 0.6 is 0 Å². The summed E-state index contributed by atoms with van der Waals surface area (Å²) in [5.74, 6) is -2.24. The third-order valence-electron chi connectivity index (χ3n) is 3.69. The highest BCUT2D eigenvalue weighted by molar-refractivity contribution is 6.03. The van der Waals surface area contributed by atoms with Gasteiger partial charge in [-0.2, -0.15) is 18.3 Å². The summed E-state index contributed by atoms with van der Waals surface area (Å²) >= 11 is 0. The molecule has 2 rings (SSSR count). The number of carbonyl (C=O) groups is 3. The molecule has 0 saturated heterocycles. The number of aryl methyl sites for hydroxylation is 1. The maximum Gasteiger partial charge on any atom is 0.435 e. The van der Waals surface area contributed by atoms with Crippen LogP contribution in [0.4, 0.5) is 18.9 Å². The Morgan fingerprint density at radius 1 is 1.11 bits per heavy atom. The molecular weight excluding hydrogens is 383 g/mol. The van der Waals surface area contributed by atoms with Crippen LogP contribution in [0.25, 0.3) is 0 Å². The lowest BCUT2D eigenvalue weighted by molar-refractivity contribution is -0.141. The Kier molecular flexibility index (Phi) is 6.06. The van der Waals surface area contributed by atoms with E-state index in [4.69, 9.17) is 0 Å². The van der Waals surface area contributed by atoms with Gasteiger partial charge in [-0.1, -0.05) is 0 Å². The molecule has 0 atom stereocenters. The number of alkyl halides is 3. The molecule has 0 aliphatic carbocycles. The molecule has 2 aromatic rings. The molecule has 1 heterocycles. The van der Waals surface area contributed by atoms with Crippen molar-refractivity contribution in [3.05, 3.63) is 46.8 Å². The van der Waals surface area contributed by atoms with Crippen LogP contribution in [0.3, 0.4) is 0 Å². The van der Waals surface area contributed by atoms with Crippen molar-refractivity contribution >= 4 is 23.5 Å². The minimum absolute atomic E-state index is 0.0447. The van der Waals surface area contributed by atoms with Crippen molar-refractivity contribution in [2.45, 2.75) is 19.6 Å². The Labute approximate surface area is 157 Å². The van der Waals surface area contributed by atoms with Crippen LogP contribution in [0.15, 0.2) is 24.3 Å². The highest BCUT2D eigenvalue weighted by Crippen LogP contribution is 2.28. The second-order valence-corrected chi connectivity index (χ2v) is 5.62. The van der Waals surface area contributed by atoms with E-state index < -0.39 is 36.3 Å². The van der Waals surface area contributed by atoms with Crippen LogP contribution in [0.5, 0.6) is 0 Å². The summed E-state index contributed by atoms with van der Waals surface area (Å²) < 4.78 is 48.3. The number of benzene rings is 1. The smallest absolute Gasteiger partial charge is 0.435 e. The minimum Gasteiger partial charge on any atom is -0.465 e. The summed E-state index contributed by atoms with van der Waals surface area (Å²) in [4.78, 5) is 35.8. The van der Waals surface area contributed by atoms with Gasteiger partial charge in [-0.15, -0.1) is 0 Å². The van der Waals surface area contributed by atoms with E-state index in [-0.39, 0.29) is 22.5 Å². The summed E-state index contributed by atoms with van der Waals surface area (Å²) in [6.07, 6.45) is -4.64. The van der Waals surface area contributed by atoms with Gasteiger partial charge < -0.3 is 14.8 Å². The molecule has 0 aliphatic heterocycles. The van der Waals surface area contributed by atoms with Crippen LogP contribution in [-0.2, 0) is 27.0 Å². The van der Waals surface area contributed by atoms with Gasteiger partial charge in [0, 0.05) is 5.69 Å². The monoisotopic (exact) mass is 399 g/mol. The lowest BCUT2D eigenvalue weighted by Gasteiger charge is -2.12. The number of rotatable bonds is 5. The zero-order chi connectivity index (χ0) is 21.1. The summed E-state index contributed by atoms with van der Waals surface area (Å²) in [5, 5.41) is 5.74. The second kappa shape index (κ2) is 8.11. The number of hydrogen-bond acceptors (Lipinski definition) is 6. The first-order chi connectivity index (χ1) is 13.1. The molecule has 1 aromatic carbocycles. The van der Waals surface area contributed by atoms with Crippen molar-refractivity contribution in [1.29, 1.82) is 0 Å². The van der Waals surface area contributed by atoms with E-state index in [9.17, 15) is 27.6 Å². The quantitative estimate of drug-likeness (QED) is 0.776. The molecule has 0 radical (unpaired) electrons. The fourth-order valence-corrected chi connectivity index (χ4v) is 2.31. The van der Waals surface area contributed by atoms with Crippen molar-refractivity contribution in [2.75, 3.05) is 19.5 Å². The van der Waals surface area contributed by atoms with Gasteiger partial charge in [0.25, 0.3) is 0 Å². The number of carbonyl (C=O) groups excluding carboxylic acids is 3. The standard InChI is InChI=1S/C17H16F3N3O5/c1-9-6-13(17(18,19)20)22-23(9)8-14(24)21-12-7-10(15(25)27-2)4-5-11(12)16(26)28-3/h4-7H,8H2,1-3H3,(H,21,24). The molecule has 28 heavy (non-hydrogen) atoms. The fraction of sp³-hybridized carbons (Fsp3) is 0.294. The van der Waals surface area contributed by atoms with E-state index >= 15 is 0 Å². The predicted octanol–water partition coefficient (Wildman–Crippen LogP) is 2.42. The van der Waals surface area contributed by atoms with Crippen LogP contribution in [-0.4, -0.2) is 41.8 Å². The van der Waals surface area contributed by atoms with Gasteiger partial charge in [-0.3, -0.25) is 9.48 Å². The zero-order valence-corrected chi connectivity index (χ0v) is 15.1. The van der Waals surface area contributed by atoms with Crippen molar-refractivity contribution in [1.82, 2.24) is 9.78 Å². The van der Waals surface area contributed by atoms with Crippen LogP contribution in [0, 0.1) is 6.92 Å². The van der Waals surface area contributed by atoms with Crippen molar-refractivity contribution in [3.63, 3.8) is 0 Å². The van der Waals surface area contributed by atoms with Gasteiger partial charge in [-0.05, 0) is 31.2 Å². The Morgan fingerprint density at radius 2 is 1.75 bits per heavy atom. The highest BCUT2D eigenvalue weighted by Gasteiger charge is 2.34. The first-order valence-electron chi connectivity index (χ1n) is 7.79. The number of amides is 1. The summed E-state index contributed by atoms with van der Waals surface area (Å²) in [6, 6.07) is 4.58. The number of ether oxygens (including phenoxy) is 2. The molecule has 150 valence electrons. The van der Waals surface area contributed by atoms with Gasteiger partial charge in [0.1, 0.15) is 6.54 Å². The summed E-state index contributed by atoms with van der Waals surface area (Å²) in [5.41, 5.74) is -1.04. The van der Waals surface area contributed by atoms with Crippen molar-refractivity contribution in [2.24, 2.45) is 0 Å². The summed E-state index contributed by atoms with van der Waals surface area (Å²) in [6.45, 7) is 0.832. The predicted molar refractivity (Wildman–Crippen MR) is 89.7 cm³/mol. The number of nitrogens with zero attached hydrogens (tertiary/aromatic N) is 2. The molecular formula is C17H16F3N3O5. The number of esters is 2. The van der Waals surface area contributed by atoms with E-state index in [1.807, 2.05) is 0 Å². The lowest BCUT2D eigenvalue weighted by atomic mass is 10.1. The number of anilines is 1. The molecule has 8 nitrogen and oxygen atoms in total. The van der Waals surface area contributed by atoms with Crippen molar-refractivity contribution < 1.29 is 37.0 Å². The number of halogens is 3. The molecule has 0 bridgehead atoms. The molecule has 1 aromatic heterocycles. The Bertz CT molecular complexity index is 921. The normalized spacial score (nSPS) is 11.1. The van der Waals surface area contributed by atoms with Crippen LogP contribution < -0.4 is 5.32 Å². The van der Waals surface area contributed by atoms with Crippen LogP contribution in [0.2, 0.25) is 0 Å². The van der Waals surface area contributed by atoms with Gasteiger partial charge in [0.05, 0.1) is 31.0 Å². The number of nitrogens with one attached hydrogen (secondary N) is 1. The molecule has 0 unspecified atom stereocenters. The van der Waals surface area contributed by atoms with E-state index in [2.05, 4.69) is 19.9 Å². The second-order valence-electron chi connectivity index (χ2n) is 5.62. The lowest BCUT2D eigenvalue weighted by Crippen LogP contribution is -2.22.